The van der Waals surface area contributed by atoms with Crippen molar-refractivity contribution >= 4 is 23.2 Å². The smallest absolute Gasteiger partial charge is 0.0558 e. The van der Waals surface area contributed by atoms with E-state index in [0.29, 0.717) is 17.5 Å². The van der Waals surface area contributed by atoms with E-state index in [1.807, 2.05) is 30.3 Å². The lowest BCUT2D eigenvalue weighted by Gasteiger charge is -2.25. The number of aliphatic hydroxyl groups excluding tert-OH is 1. The molecule has 0 saturated heterocycles. The maximum atomic E-state index is 9.53. The Kier molecular flexibility index (Phi) is 8.57. The molecule has 0 amide bonds. The molecule has 2 nitrogen and oxygen atoms in total. The first-order valence-corrected chi connectivity index (χ1v) is 10.8. The highest BCUT2D eigenvalue weighted by Gasteiger charge is 2.17. The van der Waals surface area contributed by atoms with Gasteiger partial charge in [-0.25, -0.2) is 0 Å². The highest BCUT2D eigenvalue weighted by molar-refractivity contribution is 6.33. The van der Waals surface area contributed by atoms with Gasteiger partial charge in [-0.15, -0.1) is 0 Å². The van der Waals surface area contributed by atoms with Gasteiger partial charge in [0.2, 0.25) is 0 Å². The summed E-state index contributed by atoms with van der Waals surface area (Å²) < 4.78 is 0. The fourth-order valence-corrected chi connectivity index (χ4v) is 4.06. The van der Waals surface area contributed by atoms with Crippen LogP contribution in [0.1, 0.15) is 29.0 Å². The molecule has 152 valence electrons. The molecule has 29 heavy (non-hydrogen) atoms. The Morgan fingerprint density at radius 1 is 0.828 bits per heavy atom. The van der Waals surface area contributed by atoms with Gasteiger partial charge in [-0.2, -0.15) is 0 Å². The number of nitrogens with zero attached hydrogens (tertiary/aromatic N) is 1. The van der Waals surface area contributed by atoms with Crippen molar-refractivity contribution in [3.63, 3.8) is 0 Å². The number of aliphatic hydroxyl groups is 1. The second-order valence-corrected chi connectivity index (χ2v) is 8.17. The molecule has 4 heteroatoms. The largest absolute Gasteiger partial charge is 0.395 e. The van der Waals surface area contributed by atoms with Crippen molar-refractivity contribution in [2.24, 2.45) is 0 Å². The van der Waals surface area contributed by atoms with E-state index in [0.717, 1.165) is 36.5 Å². The van der Waals surface area contributed by atoms with Gasteiger partial charge in [-0.3, -0.25) is 4.90 Å². The van der Waals surface area contributed by atoms with E-state index in [1.165, 1.54) is 11.1 Å². The molecule has 0 saturated carbocycles. The van der Waals surface area contributed by atoms with Crippen LogP contribution in [0.15, 0.2) is 78.9 Å². The summed E-state index contributed by atoms with van der Waals surface area (Å²) >= 11 is 12.7. The average Bonchev–Trinajstić information content (AvgIpc) is 2.75. The Hall–Kier alpha value is -1.84. The van der Waals surface area contributed by atoms with Crippen molar-refractivity contribution in [1.29, 1.82) is 0 Å². The van der Waals surface area contributed by atoms with Crippen LogP contribution in [0.3, 0.4) is 0 Å². The van der Waals surface area contributed by atoms with Crippen LogP contribution in [0, 0.1) is 0 Å². The van der Waals surface area contributed by atoms with Gasteiger partial charge in [0.15, 0.2) is 0 Å². The number of hydrogen-bond acceptors (Lipinski definition) is 2. The maximum Gasteiger partial charge on any atom is 0.0558 e. The normalized spacial score (nSPS) is 12.3. The van der Waals surface area contributed by atoms with Gasteiger partial charge in [0.1, 0.15) is 0 Å². The Bertz CT molecular complexity index is 871. The summed E-state index contributed by atoms with van der Waals surface area (Å²) in [7, 11) is 0. The molecule has 0 spiro atoms. The molecule has 1 atom stereocenters. The molecule has 0 unspecified atom stereocenters. The summed E-state index contributed by atoms with van der Waals surface area (Å²) in [6.45, 7) is 2.55. The molecule has 0 fully saturated rings. The predicted molar refractivity (Wildman–Crippen MR) is 123 cm³/mol. The van der Waals surface area contributed by atoms with Gasteiger partial charge in [0.25, 0.3) is 0 Å². The SMILES string of the molecule is OCCN(CC[C@@H](Cc1cc(Cl)ccc1Cl)c1ccccc1)Cc1ccccc1. The standard InChI is InChI=1S/C25H27Cl2NO/c26-24-11-12-25(27)23(18-24)17-22(21-9-5-2-6-10-21)13-14-28(15-16-29)19-20-7-3-1-4-8-20/h1-12,18,22,29H,13-17,19H2/t22-/m0/s1. The first-order valence-electron chi connectivity index (χ1n) is 10.0. The first kappa shape index (κ1) is 21.9. The summed E-state index contributed by atoms with van der Waals surface area (Å²) in [5, 5.41) is 11.0. The van der Waals surface area contributed by atoms with Crippen molar-refractivity contribution in [2.75, 3.05) is 19.7 Å². The lowest BCUT2D eigenvalue weighted by molar-refractivity contribution is 0.185. The van der Waals surface area contributed by atoms with Gasteiger partial charge >= 0.3 is 0 Å². The minimum atomic E-state index is 0.156. The molecule has 0 heterocycles. The molecule has 0 aromatic heterocycles. The zero-order chi connectivity index (χ0) is 20.5. The van der Waals surface area contributed by atoms with Crippen molar-refractivity contribution in [3.8, 4) is 0 Å². The van der Waals surface area contributed by atoms with Crippen LogP contribution in [0.5, 0.6) is 0 Å². The summed E-state index contributed by atoms with van der Waals surface area (Å²) in [6, 6.07) is 26.6. The van der Waals surface area contributed by atoms with Crippen LogP contribution in [0.25, 0.3) is 0 Å². The van der Waals surface area contributed by atoms with Crippen molar-refractivity contribution in [1.82, 2.24) is 4.90 Å². The average molecular weight is 428 g/mol. The number of halogens is 2. The zero-order valence-electron chi connectivity index (χ0n) is 16.5. The summed E-state index contributed by atoms with van der Waals surface area (Å²) in [5.41, 5.74) is 3.63. The third-order valence-corrected chi connectivity index (χ3v) is 5.81. The lowest BCUT2D eigenvalue weighted by atomic mass is 9.89. The van der Waals surface area contributed by atoms with Crippen LogP contribution < -0.4 is 0 Å². The molecule has 1 N–H and O–H groups in total. The molecule has 0 aliphatic heterocycles. The van der Waals surface area contributed by atoms with Crippen molar-refractivity contribution in [3.05, 3.63) is 106 Å². The molecule has 0 aliphatic rings. The van der Waals surface area contributed by atoms with Crippen molar-refractivity contribution < 1.29 is 5.11 Å². The number of hydrogen-bond donors (Lipinski definition) is 1. The Balaban J connectivity index is 1.74. The quantitative estimate of drug-likeness (QED) is 0.415. The van der Waals surface area contributed by atoms with Gasteiger partial charge in [-0.05, 0) is 60.2 Å². The van der Waals surface area contributed by atoms with Gasteiger partial charge in [0.05, 0.1) is 6.61 Å². The van der Waals surface area contributed by atoms with Crippen LogP contribution in [0.2, 0.25) is 10.0 Å². The van der Waals surface area contributed by atoms with Crippen LogP contribution >= 0.6 is 23.2 Å². The van der Waals surface area contributed by atoms with E-state index in [-0.39, 0.29) is 6.61 Å². The molecule has 0 aliphatic carbocycles. The molecule has 0 bridgehead atoms. The fraction of sp³-hybridized carbons (Fsp3) is 0.280. The third kappa shape index (κ3) is 6.87. The molecule has 0 radical (unpaired) electrons. The third-order valence-electron chi connectivity index (χ3n) is 5.20. The molecular formula is C25H27Cl2NO. The van der Waals surface area contributed by atoms with E-state index >= 15 is 0 Å². The van der Waals surface area contributed by atoms with Crippen molar-refractivity contribution in [2.45, 2.75) is 25.3 Å². The first-order chi connectivity index (χ1) is 14.2. The highest BCUT2D eigenvalue weighted by Crippen LogP contribution is 2.30. The van der Waals surface area contributed by atoms with Crippen LogP contribution in [-0.4, -0.2) is 29.7 Å². The van der Waals surface area contributed by atoms with Crippen LogP contribution in [-0.2, 0) is 13.0 Å². The van der Waals surface area contributed by atoms with Gasteiger partial charge < -0.3 is 5.11 Å². The zero-order valence-corrected chi connectivity index (χ0v) is 18.0. The van der Waals surface area contributed by atoms with Crippen LogP contribution in [0.4, 0.5) is 0 Å². The topological polar surface area (TPSA) is 23.5 Å². The second kappa shape index (κ2) is 11.4. The Labute approximate surface area is 183 Å². The highest BCUT2D eigenvalue weighted by atomic mass is 35.5. The van der Waals surface area contributed by atoms with E-state index in [4.69, 9.17) is 23.2 Å². The van der Waals surface area contributed by atoms with E-state index < -0.39 is 0 Å². The summed E-state index contributed by atoms with van der Waals surface area (Å²) in [6.07, 6.45) is 1.81. The monoisotopic (exact) mass is 427 g/mol. The lowest BCUT2D eigenvalue weighted by Crippen LogP contribution is -2.29. The number of rotatable bonds is 10. The van der Waals surface area contributed by atoms with E-state index in [9.17, 15) is 5.11 Å². The van der Waals surface area contributed by atoms with E-state index in [1.54, 1.807) is 0 Å². The summed E-state index contributed by atoms with van der Waals surface area (Å²) in [4.78, 5) is 2.31. The second-order valence-electron chi connectivity index (χ2n) is 7.32. The summed E-state index contributed by atoms with van der Waals surface area (Å²) in [5.74, 6) is 0.323. The molecule has 3 rings (SSSR count). The molecule has 3 aromatic carbocycles. The fourth-order valence-electron chi connectivity index (χ4n) is 3.67. The Morgan fingerprint density at radius 2 is 1.52 bits per heavy atom. The minimum Gasteiger partial charge on any atom is -0.395 e. The maximum absolute atomic E-state index is 9.53. The molecule has 3 aromatic rings. The minimum absolute atomic E-state index is 0.156. The predicted octanol–water partition coefficient (Wildman–Crippen LogP) is 6.20. The molecular weight excluding hydrogens is 401 g/mol. The van der Waals surface area contributed by atoms with Gasteiger partial charge in [0, 0.05) is 23.1 Å². The van der Waals surface area contributed by atoms with E-state index in [2.05, 4.69) is 53.4 Å². The number of benzene rings is 3. The van der Waals surface area contributed by atoms with Gasteiger partial charge in [-0.1, -0.05) is 83.9 Å². The Morgan fingerprint density at radius 3 is 2.21 bits per heavy atom.